The SMILES string of the molecule is COC(=O)[C@H](C)CN1[C@H](C)CC2=C(Cc3ccc(F)cc32)[C@H]1c1c(F)ccc(OCCO)c1C. The fraction of sp³-hybridized carbons (Fsp3) is 0.444. The standard InChI is InChI=1S/C27H31F2NO4/c1-15(27(32)33-4)14-30-16(2)11-21-20-13-19(28)6-5-18(20)12-22(21)26(30)25-17(3)24(34-10-9-31)8-7-23(25)29/h5-8,13,15-16,26,31H,9-12,14H2,1-4H3/t15-,16-,26+/m1/s1. The Balaban J connectivity index is 1.86. The molecule has 1 aliphatic carbocycles. The van der Waals surface area contributed by atoms with Crippen LogP contribution in [0.25, 0.3) is 5.57 Å². The second kappa shape index (κ2) is 9.84. The fourth-order valence-electron chi connectivity index (χ4n) is 5.38. The number of methoxy groups -OCH3 is 1. The highest BCUT2D eigenvalue weighted by molar-refractivity contribution is 5.79. The lowest BCUT2D eigenvalue weighted by Crippen LogP contribution is -2.45. The van der Waals surface area contributed by atoms with Crippen LogP contribution in [0.5, 0.6) is 5.75 Å². The van der Waals surface area contributed by atoms with E-state index >= 15 is 4.39 Å². The first-order valence-corrected chi connectivity index (χ1v) is 11.6. The summed E-state index contributed by atoms with van der Waals surface area (Å²) in [4.78, 5) is 14.4. The highest BCUT2D eigenvalue weighted by Crippen LogP contribution is 2.50. The molecular weight excluding hydrogens is 440 g/mol. The molecule has 0 aromatic heterocycles. The van der Waals surface area contributed by atoms with Crippen LogP contribution in [0.15, 0.2) is 35.9 Å². The first-order chi connectivity index (χ1) is 16.3. The number of nitrogens with zero attached hydrogens (tertiary/aromatic N) is 1. The summed E-state index contributed by atoms with van der Waals surface area (Å²) >= 11 is 0. The zero-order chi connectivity index (χ0) is 24.6. The van der Waals surface area contributed by atoms with Crippen molar-refractivity contribution in [3.8, 4) is 5.75 Å². The predicted molar refractivity (Wildman–Crippen MR) is 125 cm³/mol. The summed E-state index contributed by atoms with van der Waals surface area (Å²) in [5.74, 6) is -0.874. The molecule has 1 N–H and O–H groups in total. The van der Waals surface area contributed by atoms with Gasteiger partial charge in [-0.1, -0.05) is 13.0 Å². The minimum atomic E-state index is -0.445. The Bertz CT molecular complexity index is 1130. The van der Waals surface area contributed by atoms with E-state index in [1.807, 2.05) is 13.8 Å². The van der Waals surface area contributed by atoms with Gasteiger partial charge in [-0.05, 0) is 78.8 Å². The number of aliphatic hydroxyl groups excluding tert-OH is 1. The Morgan fingerprint density at radius 1 is 1.26 bits per heavy atom. The third-order valence-corrected chi connectivity index (χ3v) is 7.02. The largest absolute Gasteiger partial charge is 0.491 e. The Morgan fingerprint density at radius 3 is 2.74 bits per heavy atom. The van der Waals surface area contributed by atoms with Crippen LogP contribution in [0.2, 0.25) is 0 Å². The van der Waals surface area contributed by atoms with Gasteiger partial charge in [0.15, 0.2) is 0 Å². The van der Waals surface area contributed by atoms with Gasteiger partial charge in [0.25, 0.3) is 0 Å². The van der Waals surface area contributed by atoms with Crippen LogP contribution in [-0.2, 0) is 16.0 Å². The molecule has 2 aromatic carbocycles. The van der Waals surface area contributed by atoms with Crippen LogP contribution in [0.3, 0.4) is 0 Å². The number of benzene rings is 2. The fourth-order valence-corrected chi connectivity index (χ4v) is 5.38. The number of halogens is 2. The van der Waals surface area contributed by atoms with E-state index in [2.05, 4.69) is 11.8 Å². The third kappa shape index (κ3) is 4.34. The van der Waals surface area contributed by atoms with Crippen molar-refractivity contribution in [1.82, 2.24) is 4.90 Å². The summed E-state index contributed by atoms with van der Waals surface area (Å²) in [5, 5.41) is 9.20. The van der Waals surface area contributed by atoms with E-state index in [4.69, 9.17) is 9.47 Å². The number of aliphatic hydroxyl groups is 1. The van der Waals surface area contributed by atoms with Crippen LogP contribution >= 0.6 is 0 Å². The van der Waals surface area contributed by atoms with Gasteiger partial charge in [0.1, 0.15) is 24.0 Å². The summed E-state index contributed by atoms with van der Waals surface area (Å²) in [5.41, 5.74) is 5.12. The van der Waals surface area contributed by atoms with Gasteiger partial charge < -0.3 is 14.6 Å². The molecule has 0 radical (unpaired) electrons. The van der Waals surface area contributed by atoms with Crippen molar-refractivity contribution in [1.29, 1.82) is 0 Å². The number of esters is 1. The van der Waals surface area contributed by atoms with E-state index in [-0.39, 0.29) is 36.9 Å². The van der Waals surface area contributed by atoms with E-state index in [1.54, 1.807) is 18.2 Å². The molecule has 0 bridgehead atoms. The summed E-state index contributed by atoms with van der Waals surface area (Å²) in [6, 6.07) is 7.32. The molecule has 2 aliphatic rings. The number of hydrogen-bond acceptors (Lipinski definition) is 5. The molecule has 7 heteroatoms. The molecule has 0 unspecified atom stereocenters. The molecule has 3 atom stereocenters. The van der Waals surface area contributed by atoms with Crippen molar-refractivity contribution in [2.45, 2.75) is 45.7 Å². The normalized spacial score (nSPS) is 20.7. The molecule has 1 aliphatic heterocycles. The van der Waals surface area contributed by atoms with Gasteiger partial charge >= 0.3 is 5.97 Å². The molecule has 34 heavy (non-hydrogen) atoms. The molecule has 5 nitrogen and oxygen atoms in total. The summed E-state index contributed by atoms with van der Waals surface area (Å²) in [6.07, 6.45) is 1.27. The molecule has 4 rings (SSSR count). The summed E-state index contributed by atoms with van der Waals surface area (Å²) < 4.78 is 40.3. The highest BCUT2D eigenvalue weighted by atomic mass is 19.1. The Labute approximate surface area is 199 Å². The number of carbonyl (C=O) groups excluding carboxylic acids is 1. The quantitative estimate of drug-likeness (QED) is 0.599. The lowest BCUT2D eigenvalue weighted by Gasteiger charge is -2.43. The smallest absolute Gasteiger partial charge is 0.309 e. The van der Waals surface area contributed by atoms with Crippen molar-refractivity contribution < 1.29 is 28.2 Å². The van der Waals surface area contributed by atoms with Crippen molar-refractivity contribution in [3.05, 3.63) is 69.8 Å². The maximum absolute atomic E-state index is 15.5. The first-order valence-electron chi connectivity index (χ1n) is 11.6. The van der Waals surface area contributed by atoms with Crippen molar-refractivity contribution in [2.75, 3.05) is 26.9 Å². The first kappa shape index (κ1) is 24.4. The highest BCUT2D eigenvalue weighted by Gasteiger charge is 2.42. The summed E-state index contributed by atoms with van der Waals surface area (Å²) in [7, 11) is 1.37. The van der Waals surface area contributed by atoms with Gasteiger partial charge in [0.2, 0.25) is 0 Å². The maximum atomic E-state index is 15.5. The van der Waals surface area contributed by atoms with Crippen LogP contribution < -0.4 is 4.74 Å². The Kier molecular flexibility index (Phi) is 7.05. The minimum Gasteiger partial charge on any atom is -0.491 e. The second-order valence-electron chi connectivity index (χ2n) is 9.21. The molecule has 1 heterocycles. The molecule has 0 amide bonds. The number of carbonyl (C=O) groups is 1. The molecular formula is C27H31F2NO4. The monoisotopic (exact) mass is 471 g/mol. The number of ether oxygens (including phenoxy) is 2. The van der Waals surface area contributed by atoms with Crippen molar-refractivity contribution in [3.63, 3.8) is 0 Å². The van der Waals surface area contributed by atoms with Gasteiger partial charge in [-0.15, -0.1) is 0 Å². The van der Waals surface area contributed by atoms with E-state index in [9.17, 15) is 14.3 Å². The average Bonchev–Trinajstić information content (AvgIpc) is 3.16. The maximum Gasteiger partial charge on any atom is 0.309 e. The van der Waals surface area contributed by atoms with Crippen LogP contribution in [0.1, 0.15) is 48.6 Å². The molecule has 0 saturated carbocycles. The molecule has 182 valence electrons. The number of hydrogen-bond donors (Lipinski definition) is 1. The molecule has 0 fully saturated rings. The van der Waals surface area contributed by atoms with Crippen LogP contribution in [0.4, 0.5) is 8.78 Å². The lowest BCUT2D eigenvalue weighted by molar-refractivity contribution is -0.145. The molecule has 0 saturated heterocycles. The number of rotatable bonds is 7. The lowest BCUT2D eigenvalue weighted by atomic mass is 9.83. The van der Waals surface area contributed by atoms with Gasteiger partial charge in [0.05, 0.1) is 25.7 Å². The third-order valence-electron chi connectivity index (χ3n) is 7.02. The van der Waals surface area contributed by atoms with Crippen LogP contribution in [0, 0.1) is 24.5 Å². The Morgan fingerprint density at radius 2 is 2.03 bits per heavy atom. The Hall–Kier alpha value is -2.77. The zero-order valence-corrected chi connectivity index (χ0v) is 20.0. The molecule has 0 spiro atoms. The van der Waals surface area contributed by atoms with E-state index in [0.29, 0.717) is 36.3 Å². The predicted octanol–water partition coefficient (Wildman–Crippen LogP) is 4.60. The van der Waals surface area contributed by atoms with Gasteiger partial charge in [-0.2, -0.15) is 0 Å². The van der Waals surface area contributed by atoms with Gasteiger partial charge in [0, 0.05) is 18.2 Å². The second-order valence-corrected chi connectivity index (χ2v) is 9.21. The van der Waals surface area contributed by atoms with Crippen LogP contribution in [-0.4, -0.2) is 48.9 Å². The van der Waals surface area contributed by atoms with E-state index in [1.165, 1.54) is 19.2 Å². The minimum absolute atomic E-state index is 0.0223. The summed E-state index contributed by atoms with van der Waals surface area (Å²) in [6.45, 7) is 6.02. The van der Waals surface area contributed by atoms with Crippen molar-refractivity contribution in [2.24, 2.45) is 5.92 Å². The van der Waals surface area contributed by atoms with Crippen molar-refractivity contribution >= 4 is 11.5 Å². The average molecular weight is 472 g/mol. The van der Waals surface area contributed by atoms with Gasteiger partial charge in [-0.3, -0.25) is 9.69 Å². The van der Waals surface area contributed by atoms with E-state index in [0.717, 1.165) is 22.3 Å². The van der Waals surface area contributed by atoms with E-state index < -0.39 is 12.0 Å². The zero-order valence-electron chi connectivity index (χ0n) is 20.0. The topological polar surface area (TPSA) is 59.0 Å². The van der Waals surface area contributed by atoms with Gasteiger partial charge in [-0.25, -0.2) is 8.78 Å². The number of fused-ring (bicyclic) bond motifs is 2. The molecule has 2 aromatic rings.